The second kappa shape index (κ2) is 5.65. The summed E-state index contributed by atoms with van der Waals surface area (Å²) in [5.74, 6) is -0.605. The van der Waals surface area contributed by atoms with E-state index in [-0.39, 0.29) is 22.7 Å². The number of hydrogen-bond donors (Lipinski definition) is 1. The maximum Gasteiger partial charge on any atom is 0.189 e. The first-order chi connectivity index (χ1) is 9.22. The lowest BCUT2D eigenvalue weighted by Crippen LogP contribution is -1.96. The number of para-hydroxylation sites is 1. The fourth-order valence-corrected chi connectivity index (χ4v) is 1.66. The third kappa shape index (κ3) is 2.88. The number of nitriles is 1. The van der Waals surface area contributed by atoms with Gasteiger partial charge in [0.1, 0.15) is 11.8 Å². The third-order valence-corrected chi connectivity index (χ3v) is 2.65. The van der Waals surface area contributed by atoms with E-state index in [2.05, 4.69) is 0 Å². The van der Waals surface area contributed by atoms with Gasteiger partial charge < -0.3 is 5.11 Å². The van der Waals surface area contributed by atoms with Crippen LogP contribution in [0.3, 0.4) is 0 Å². The molecule has 1 N–H and O–H groups in total. The molecule has 0 atom stereocenters. The molecule has 0 aliphatic rings. The maximum absolute atomic E-state index is 12.0. The fourth-order valence-electron chi connectivity index (χ4n) is 1.66. The Morgan fingerprint density at radius 2 is 1.84 bits per heavy atom. The van der Waals surface area contributed by atoms with E-state index in [1.807, 2.05) is 36.4 Å². The van der Waals surface area contributed by atoms with Gasteiger partial charge in [-0.15, -0.1) is 0 Å². The zero-order valence-corrected chi connectivity index (χ0v) is 10.1. The molecule has 3 heteroatoms. The summed E-state index contributed by atoms with van der Waals surface area (Å²) in [6.07, 6.45) is 3.05. The highest BCUT2D eigenvalue weighted by Gasteiger charge is 2.11. The van der Waals surface area contributed by atoms with E-state index in [9.17, 15) is 9.90 Å². The molecule has 0 aromatic heterocycles. The van der Waals surface area contributed by atoms with Gasteiger partial charge in [-0.2, -0.15) is 5.26 Å². The summed E-state index contributed by atoms with van der Waals surface area (Å²) >= 11 is 0. The Labute approximate surface area is 111 Å². The van der Waals surface area contributed by atoms with Crippen molar-refractivity contribution >= 4 is 11.9 Å². The molecule has 0 aliphatic carbocycles. The van der Waals surface area contributed by atoms with Crippen molar-refractivity contribution in [2.75, 3.05) is 0 Å². The Morgan fingerprint density at radius 1 is 1.11 bits per heavy atom. The van der Waals surface area contributed by atoms with Gasteiger partial charge in [-0.1, -0.05) is 42.5 Å². The summed E-state index contributed by atoms with van der Waals surface area (Å²) in [7, 11) is 0. The van der Waals surface area contributed by atoms with Gasteiger partial charge in [0.25, 0.3) is 0 Å². The predicted molar refractivity (Wildman–Crippen MR) is 72.6 cm³/mol. The summed E-state index contributed by atoms with van der Waals surface area (Å²) in [4.78, 5) is 12.0. The molecule has 2 aromatic carbocycles. The number of phenols is 1. The van der Waals surface area contributed by atoms with E-state index >= 15 is 0 Å². The molecule has 0 unspecified atom stereocenters. The first kappa shape index (κ1) is 12.6. The van der Waals surface area contributed by atoms with Crippen LogP contribution in [0.2, 0.25) is 0 Å². The molecule has 0 bridgehead atoms. The summed E-state index contributed by atoms with van der Waals surface area (Å²) in [5.41, 5.74) is 1.12. The second-order valence-electron chi connectivity index (χ2n) is 3.92. The van der Waals surface area contributed by atoms with Crippen LogP contribution in [0.25, 0.3) is 6.08 Å². The van der Waals surface area contributed by atoms with Crippen molar-refractivity contribution in [3.63, 3.8) is 0 Å². The first-order valence-electron chi connectivity index (χ1n) is 5.72. The monoisotopic (exact) mass is 249 g/mol. The van der Waals surface area contributed by atoms with E-state index in [0.717, 1.165) is 5.56 Å². The molecule has 0 spiro atoms. The maximum atomic E-state index is 12.0. The minimum atomic E-state index is -0.335. The number of carbonyl (C=O) groups excluding carboxylic acids is 1. The summed E-state index contributed by atoms with van der Waals surface area (Å²) in [6, 6.07) is 15.7. The zero-order valence-electron chi connectivity index (χ0n) is 10.1. The number of ketones is 1. The standard InChI is InChI=1S/C16H11NO2/c17-11-13-7-4-8-14(16(13)19)15(18)10-9-12-5-2-1-3-6-12/h1-10,19H/b10-9+. The molecule has 2 aromatic rings. The first-order valence-corrected chi connectivity index (χ1v) is 5.72. The van der Waals surface area contributed by atoms with Crippen molar-refractivity contribution in [2.24, 2.45) is 0 Å². The van der Waals surface area contributed by atoms with Gasteiger partial charge >= 0.3 is 0 Å². The summed E-state index contributed by atoms with van der Waals surface area (Å²) in [6.45, 7) is 0. The van der Waals surface area contributed by atoms with Crippen LogP contribution in [-0.4, -0.2) is 10.9 Å². The lowest BCUT2D eigenvalue weighted by Gasteiger charge is -2.01. The zero-order chi connectivity index (χ0) is 13.7. The Kier molecular flexibility index (Phi) is 3.75. The number of aromatic hydroxyl groups is 1. The molecule has 92 valence electrons. The fraction of sp³-hybridized carbons (Fsp3) is 0. The normalized spacial score (nSPS) is 10.3. The van der Waals surface area contributed by atoms with Crippen molar-refractivity contribution in [1.29, 1.82) is 5.26 Å². The Balaban J connectivity index is 2.27. The van der Waals surface area contributed by atoms with E-state index in [0.29, 0.717) is 0 Å². The average Bonchev–Trinajstić information content (AvgIpc) is 2.46. The van der Waals surface area contributed by atoms with Crippen LogP contribution in [-0.2, 0) is 0 Å². The van der Waals surface area contributed by atoms with Crippen LogP contribution in [0.4, 0.5) is 0 Å². The van der Waals surface area contributed by atoms with Crippen LogP contribution in [0, 0.1) is 11.3 Å². The molecule has 0 saturated carbocycles. The highest BCUT2D eigenvalue weighted by molar-refractivity contribution is 6.08. The summed E-state index contributed by atoms with van der Waals surface area (Å²) in [5, 5.41) is 18.6. The molecule has 3 nitrogen and oxygen atoms in total. The van der Waals surface area contributed by atoms with Crippen LogP contribution < -0.4 is 0 Å². The Morgan fingerprint density at radius 3 is 2.53 bits per heavy atom. The van der Waals surface area contributed by atoms with Crippen molar-refractivity contribution in [2.45, 2.75) is 0 Å². The van der Waals surface area contributed by atoms with Crippen LogP contribution in [0.15, 0.2) is 54.6 Å². The molecule has 0 fully saturated rings. The van der Waals surface area contributed by atoms with Gasteiger partial charge in [0, 0.05) is 0 Å². The van der Waals surface area contributed by atoms with Gasteiger partial charge in [-0.25, -0.2) is 0 Å². The number of allylic oxidation sites excluding steroid dienone is 1. The molecule has 2 rings (SSSR count). The molecular weight excluding hydrogens is 238 g/mol. The van der Waals surface area contributed by atoms with E-state index in [1.54, 1.807) is 12.1 Å². The van der Waals surface area contributed by atoms with Crippen molar-refractivity contribution in [3.8, 4) is 11.8 Å². The quantitative estimate of drug-likeness (QED) is 0.671. The highest BCUT2D eigenvalue weighted by atomic mass is 16.3. The molecule has 0 heterocycles. The smallest absolute Gasteiger partial charge is 0.189 e. The van der Waals surface area contributed by atoms with Crippen LogP contribution in [0.1, 0.15) is 21.5 Å². The third-order valence-electron chi connectivity index (χ3n) is 2.65. The van der Waals surface area contributed by atoms with Gasteiger partial charge in [0.15, 0.2) is 5.78 Å². The lowest BCUT2D eigenvalue weighted by atomic mass is 10.0. The lowest BCUT2D eigenvalue weighted by molar-refractivity contribution is 0.104. The molecular formula is C16H11NO2. The topological polar surface area (TPSA) is 61.1 Å². The predicted octanol–water partition coefficient (Wildman–Crippen LogP) is 3.16. The van der Waals surface area contributed by atoms with E-state index in [4.69, 9.17) is 5.26 Å². The number of rotatable bonds is 3. The van der Waals surface area contributed by atoms with Crippen molar-refractivity contribution in [3.05, 3.63) is 71.3 Å². The van der Waals surface area contributed by atoms with E-state index < -0.39 is 0 Å². The minimum absolute atomic E-state index is 0.0963. The Hall–Kier alpha value is -2.86. The van der Waals surface area contributed by atoms with E-state index in [1.165, 1.54) is 18.2 Å². The van der Waals surface area contributed by atoms with Gasteiger partial charge in [0.2, 0.25) is 0 Å². The van der Waals surface area contributed by atoms with Gasteiger partial charge in [-0.05, 0) is 23.8 Å². The average molecular weight is 249 g/mol. The number of hydrogen-bond acceptors (Lipinski definition) is 3. The highest BCUT2D eigenvalue weighted by Crippen LogP contribution is 2.22. The molecule has 0 aliphatic heterocycles. The molecule has 0 saturated heterocycles. The molecule has 19 heavy (non-hydrogen) atoms. The molecule has 0 amide bonds. The van der Waals surface area contributed by atoms with Crippen LogP contribution in [0.5, 0.6) is 5.75 Å². The van der Waals surface area contributed by atoms with Gasteiger partial charge in [-0.3, -0.25) is 4.79 Å². The minimum Gasteiger partial charge on any atom is -0.506 e. The largest absolute Gasteiger partial charge is 0.506 e. The summed E-state index contributed by atoms with van der Waals surface area (Å²) < 4.78 is 0. The van der Waals surface area contributed by atoms with Crippen molar-refractivity contribution in [1.82, 2.24) is 0 Å². The van der Waals surface area contributed by atoms with Gasteiger partial charge in [0.05, 0.1) is 11.1 Å². The molecule has 0 radical (unpaired) electrons. The Bertz CT molecular complexity index is 667. The van der Waals surface area contributed by atoms with Crippen LogP contribution >= 0.6 is 0 Å². The van der Waals surface area contributed by atoms with Crippen molar-refractivity contribution < 1.29 is 9.90 Å². The number of benzene rings is 2. The number of carbonyl (C=O) groups is 1. The second-order valence-corrected chi connectivity index (χ2v) is 3.92. The number of phenolic OH excluding ortho intramolecular Hbond substituents is 1. The SMILES string of the molecule is N#Cc1cccc(C(=O)/C=C/c2ccccc2)c1O. The number of nitrogens with zero attached hydrogens (tertiary/aromatic N) is 1.